The number of aliphatic hydroxyl groups is 3. The predicted octanol–water partition coefficient (Wildman–Crippen LogP) is -7.19. The van der Waals surface area contributed by atoms with Crippen LogP contribution in [0.5, 0.6) is 0 Å². The van der Waals surface area contributed by atoms with Crippen LogP contribution in [-0.2, 0) is 127 Å². The summed E-state index contributed by atoms with van der Waals surface area (Å²) in [4.78, 5) is 243. The van der Waals surface area contributed by atoms with E-state index in [9.17, 15) is 102 Å². The van der Waals surface area contributed by atoms with E-state index in [4.69, 9.17) is 24.9 Å². The Morgan fingerprint density at radius 2 is 1.28 bits per heavy atom. The second-order valence-electron chi connectivity index (χ2n) is 28.6. The number of nitrogens with one attached hydrogen (secondary N) is 9. The van der Waals surface area contributed by atoms with Gasteiger partial charge in [-0.1, -0.05) is 37.3 Å². The molecule has 4 aliphatic heterocycles. The quantitative estimate of drug-likeness (QED) is 0.00756. The Morgan fingerprint density at radius 3 is 1.92 bits per heavy atom. The van der Waals surface area contributed by atoms with Crippen molar-refractivity contribution in [3.8, 4) is 11.4 Å². The number of rotatable bonds is 38. The number of hydrogen-bond donors (Lipinski definition) is 13. The summed E-state index contributed by atoms with van der Waals surface area (Å²) in [5.41, 5.74) is 6.32. The first kappa shape index (κ1) is 88.4. The lowest BCUT2D eigenvalue weighted by atomic mass is 9.81. The molecule has 1 aliphatic carbocycles. The molecule has 2 aromatic carbocycles. The van der Waals surface area contributed by atoms with Crippen molar-refractivity contribution in [1.29, 1.82) is 0 Å². The molecular weight excluding hydrogens is 1540 g/mol. The molecule has 1 saturated heterocycles. The number of aryl methyl sites for hydroxylation is 1. The molecule has 5 aliphatic rings. The lowest BCUT2D eigenvalue weighted by molar-refractivity contribution is -0.172. The van der Waals surface area contributed by atoms with E-state index in [-0.39, 0.29) is 61.4 Å². The Kier molecular flexibility index (Phi) is 29.6. The average molecular weight is 1630 g/mol. The van der Waals surface area contributed by atoms with Gasteiger partial charge in [0, 0.05) is 95.3 Å². The molecule has 0 saturated carbocycles. The number of amides is 16. The number of carbonyl (C=O) groups is 17. The predicted molar refractivity (Wildman–Crippen MR) is 401 cm³/mol. The molecule has 0 bridgehead atoms. The highest BCUT2D eigenvalue weighted by molar-refractivity contribution is 6.14. The fraction of sp³-hybridized carbons (Fsp3) is 0.480. The van der Waals surface area contributed by atoms with E-state index < -0.39 is 251 Å². The van der Waals surface area contributed by atoms with Gasteiger partial charge in [-0.05, 0) is 60.9 Å². The van der Waals surface area contributed by atoms with Gasteiger partial charge in [0.05, 0.1) is 93.4 Å². The highest BCUT2D eigenvalue weighted by atomic mass is 19.1. The molecule has 4 aromatic rings. The molecule has 0 spiro atoms. The minimum Gasteiger partial charge on any atom is -0.458 e. The van der Waals surface area contributed by atoms with E-state index >= 15 is 4.39 Å². The minimum atomic E-state index is -2.10. The van der Waals surface area contributed by atoms with E-state index in [2.05, 4.69) is 47.9 Å². The van der Waals surface area contributed by atoms with Gasteiger partial charge in [-0.2, -0.15) is 0 Å². The van der Waals surface area contributed by atoms with Gasteiger partial charge in [0.1, 0.15) is 62.7 Å². The van der Waals surface area contributed by atoms with Gasteiger partial charge in [-0.25, -0.2) is 14.2 Å². The summed E-state index contributed by atoms with van der Waals surface area (Å²) in [6.07, 6.45) is -5.68. The second-order valence-corrected chi connectivity index (χ2v) is 28.6. The molecule has 0 radical (unpaired) electrons. The van der Waals surface area contributed by atoms with Crippen molar-refractivity contribution in [2.45, 2.75) is 127 Å². The lowest BCUT2D eigenvalue weighted by Gasteiger charge is -2.31. The summed E-state index contributed by atoms with van der Waals surface area (Å²) < 4.78 is 33.4. The number of hydrogen-bond acceptors (Lipinski definition) is 25. The summed E-state index contributed by atoms with van der Waals surface area (Å²) in [5.74, 6) is -14.0. The SMILES string of the molecule is CC[C@@]1(O)C(=O)OCc2c1cc1n(c2=O)Cc2c-1nc1cc(F)c(C)c3c1c2[C@@H](NC(=O)COCNC(=O)CNC(=O)[C@H](Cc1ccccc1)NC(=O)CNC(=O)CNC(=O)[C@H](CCC(=O)NC[C@H]1O[C@@H](CC(=O)N(C)CC(=O)N(C)CC(=O)N(C)CC(=O)N(C)CC(N)=O)[C@H](O)[C@@H]1O)NC(=O)CCNC(=O)CN1C(=O)C=CC1=O)CC3. The Balaban J connectivity index is 0.729. The number of ether oxygens (including phenoxy) is 3. The molecule has 42 heteroatoms. The number of pyridine rings is 2. The third kappa shape index (κ3) is 22.1. The Morgan fingerprint density at radius 1 is 0.684 bits per heavy atom. The number of benzene rings is 2. The molecule has 14 N–H and O–H groups in total. The zero-order valence-electron chi connectivity index (χ0n) is 64.8. The molecule has 2 aromatic heterocycles. The number of nitrogens with two attached hydrogens (primary N) is 1. The fourth-order valence-electron chi connectivity index (χ4n) is 13.7. The number of aromatic nitrogens is 2. The maximum atomic E-state index is 15.5. The van der Waals surface area contributed by atoms with Crippen LogP contribution in [0.4, 0.5) is 4.39 Å². The lowest BCUT2D eigenvalue weighted by Crippen LogP contribution is -2.53. The molecule has 16 amide bonds. The number of nitrogens with zero attached hydrogens (tertiary/aromatic N) is 7. The maximum Gasteiger partial charge on any atom is 0.343 e. The third-order valence-corrected chi connectivity index (χ3v) is 20.3. The number of halogens is 1. The normalized spacial score (nSPS) is 18.5. The number of fused-ring (bicyclic) bond motifs is 5. The van der Waals surface area contributed by atoms with E-state index in [1.165, 1.54) is 44.9 Å². The Labute approximate surface area is 666 Å². The van der Waals surface area contributed by atoms with Crippen LogP contribution >= 0.6 is 0 Å². The van der Waals surface area contributed by atoms with Crippen LogP contribution in [0.1, 0.15) is 90.4 Å². The van der Waals surface area contributed by atoms with Crippen molar-refractivity contribution < 1.29 is 115 Å². The van der Waals surface area contributed by atoms with Crippen LogP contribution in [0.15, 0.2) is 59.4 Å². The highest BCUT2D eigenvalue weighted by Gasteiger charge is 2.47. The van der Waals surface area contributed by atoms with Crippen molar-refractivity contribution in [2.75, 3.05) is 107 Å². The number of imide groups is 1. The van der Waals surface area contributed by atoms with E-state index in [0.29, 0.717) is 56.6 Å². The molecule has 6 heterocycles. The van der Waals surface area contributed by atoms with Crippen LogP contribution in [-0.4, -0.2) is 293 Å². The monoisotopic (exact) mass is 1630 g/mol. The molecule has 0 unspecified atom stereocenters. The zero-order chi connectivity index (χ0) is 85.4. The Bertz CT molecular complexity index is 4710. The van der Waals surface area contributed by atoms with Gasteiger partial charge in [-0.15, -0.1) is 0 Å². The van der Waals surface area contributed by atoms with Gasteiger partial charge in [0.25, 0.3) is 17.4 Å². The standard InChI is InChI=1S/C75H92FN17O24/c1-7-75(114)43-22-49-68-41(29-92(49)73(112)42(43)35-116-74(75)113)67-45(14-13-40-38(2)44(76)23-47(87-68)66(40)67)84-59(101)36-115-37-83-56(98)27-82-72(111)48(21-39-11-9-8-10-12-39)86-57(99)28-80-55(97)26-81-71(110)46(85-54(96)19-20-78-58(100)31-93-60(102)17-18-61(93)103)15-16-53(95)79-25-51-70(109)69(108)50(117-51)24-62(104)89(4)32-64(106)91(6)34-65(107)90(5)33-63(105)88(3)30-52(77)94/h8-12,17-18,22-23,45-46,48,50-51,69-70,108-109,114H,7,13-16,19-21,24-37H2,1-6H3,(H2,77,94)(H,78,100)(H,79,95)(H,80,97)(H,81,110)(H,82,111)(H,83,98)(H,84,101)(H,85,96)(H,86,99)/t45-,46-,48-,50-,51+,69-,70+,75-/m0/s1. The van der Waals surface area contributed by atoms with Gasteiger partial charge in [-0.3, -0.25) is 86.4 Å². The smallest absolute Gasteiger partial charge is 0.343 e. The summed E-state index contributed by atoms with van der Waals surface area (Å²) in [5, 5.41) is 55.9. The second kappa shape index (κ2) is 39.2. The van der Waals surface area contributed by atoms with Gasteiger partial charge >= 0.3 is 5.97 Å². The number of likely N-dealkylation sites (N-methyl/N-ethyl adjacent to an activating group) is 4. The average Bonchev–Trinajstić information content (AvgIpc) is 1.58. The van der Waals surface area contributed by atoms with Gasteiger partial charge < -0.3 is 107 Å². The zero-order valence-corrected chi connectivity index (χ0v) is 64.8. The number of cyclic esters (lactones) is 1. The molecule has 1 fully saturated rings. The number of primary amides is 1. The Hall–Kier alpha value is -12.5. The summed E-state index contributed by atoms with van der Waals surface area (Å²) in [7, 11) is 5.15. The summed E-state index contributed by atoms with van der Waals surface area (Å²) in [6.45, 7) is -3.84. The molecule has 41 nitrogen and oxygen atoms in total. The first-order chi connectivity index (χ1) is 55.5. The van der Waals surface area contributed by atoms with Crippen LogP contribution in [0.25, 0.3) is 22.3 Å². The third-order valence-electron chi connectivity index (χ3n) is 20.3. The molecule has 9 rings (SSSR count). The van der Waals surface area contributed by atoms with Crippen molar-refractivity contribution in [3.05, 3.63) is 110 Å². The summed E-state index contributed by atoms with van der Waals surface area (Å²) in [6, 6.07) is 7.54. The van der Waals surface area contributed by atoms with Crippen LogP contribution in [0.3, 0.4) is 0 Å². The van der Waals surface area contributed by atoms with Gasteiger partial charge in [0.2, 0.25) is 82.7 Å². The van der Waals surface area contributed by atoms with Crippen LogP contribution < -0.4 is 59.1 Å². The topological polar surface area (TPSA) is 564 Å². The highest BCUT2D eigenvalue weighted by Crippen LogP contribution is 2.46. The number of aliphatic hydroxyl groups excluding tert-OH is 2. The first-order valence-corrected chi connectivity index (χ1v) is 37.2. The van der Waals surface area contributed by atoms with E-state index in [1.54, 1.807) is 44.2 Å². The van der Waals surface area contributed by atoms with Crippen molar-refractivity contribution in [1.82, 2.24) is 81.9 Å². The van der Waals surface area contributed by atoms with Gasteiger partial charge in [0.15, 0.2) is 5.60 Å². The van der Waals surface area contributed by atoms with E-state index in [1.807, 2.05) is 0 Å². The van der Waals surface area contributed by atoms with Crippen LogP contribution in [0.2, 0.25) is 0 Å². The summed E-state index contributed by atoms with van der Waals surface area (Å²) >= 11 is 0. The molecule has 628 valence electrons. The van der Waals surface area contributed by atoms with Crippen molar-refractivity contribution in [2.24, 2.45) is 5.73 Å². The van der Waals surface area contributed by atoms with Crippen molar-refractivity contribution in [3.63, 3.8) is 0 Å². The number of esters is 1. The largest absolute Gasteiger partial charge is 0.458 e. The maximum absolute atomic E-state index is 15.5. The minimum absolute atomic E-state index is 0.00303. The van der Waals surface area contributed by atoms with E-state index in [0.717, 1.165) is 31.8 Å². The van der Waals surface area contributed by atoms with Crippen molar-refractivity contribution >= 4 is 111 Å². The molecular formula is C75H92FN17O24. The number of carbonyl (C=O) groups excluding carboxylic acids is 17. The molecule has 8 atom stereocenters. The van der Waals surface area contributed by atoms with Crippen LogP contribution in [0, 0.1) is 12.7 Å². The fourth-order valence-corrected chi connectivity index (χ4v) is 13.7. The first-order valence-electron chi connectivity index (χ1n) is 37.2. The molecule has 117 heavy (non-hydrogen) atoms.